The zero-order valence-corrected chi connectivity index (χ0v) is 35.5. The number of allylic oxidation sites excluding steroid dienone is 2. The number of ether oxygens (including phenoxy) is 4. The van der Waals surface area contributed by atoms with Gasteiger partial charge >= 0.3 is 12.1 Å². The standard InChI is InChI=1S/C51H64O7/c1-7-55-39-20-15-37(16-21-39)48(53)56-40-18-11-35(12-19-40)31-47(52)36-13-22-41(23-14-36)57-49(54)58-42-27-29-50(5)38(32-42)17-24-43-45-26-25-44(34(4)10-8-9-33(2)3)51(45,6)30-28-46(43)50/h11-24,33-34,38,42-46H,7-10,25-32H2,1-6H3/t34-,38?,42?,43+,44-,45+,46+,50+,51-/m0/s1. The van der Waals surface area contributed by atoms with Crippen LogP contribution in [-0.4, -0.2) is 30.6 Å². The zero-order chi connectivity index (χ0) is 41.0. The Balaban J connectivity index is 0.873. The maximum atomic E-state index is 13.1. The van der Waals surface area contributed by atoms with Crippen LogP contribution in [0, 0.1) is 52.3 Å². The predicted octanol–water partition coefficient (Wildman–Crippen LogP) is 12.5. The van der Waals surface area contributed by atoms with Crippen molar-refractivity contribution in [1.29, 1.82) is 0 Å². The average molecular weight is 789 g/mol. The van der Waals surface area contributed by atoms with Crippen LogP contribution in [0.5, 0.6) is 17.2 Å². The number of benzene rings is 3. The van der Waals surface area contributed by atoms with Gasteiger partial charge in [-0.3, -0.25) is 4.79 Å². The van der Waals surface area contributed by atoms with Gasteiger partial charge in [-0.05, 0) is 170 Å². The van der Waals surface area contributed by atoms with E-state index in [9.17, 15) is 14.4 Å². The Kier molecular flexibility index (Phi) is 12.8. The molecule has 3 saturated carbocycles. The first kappa shape index (κ1) is 41.8. The van der Waals surface area contributed by atoms with Gasteiger partial charge < -0.3 is 18.9 Å². The summed E-state index contributed by atoms with van der Waals surface area (Å²) in [7, 11) is 0. The fourth-order valence-corrected chi connectivity index (χ4v) is 11.7. The van der Waals surface area contributed by atoms with Crippen LogP contribution < -0.4 is 14.2 Å². The van der Waals surface area contributed by atoms with Crippen LogP contribution in [0.3, 0.4) is 0 Å². The summed E-state index contributed by atoms with van der Waals surface area (Å²) in [4.78, 5) is 38.7. The Bertz CT molecular complexity index is 1910. The Morgan fingerprint density at radius 1 is 0.707 bits per heavy atom. The summed E-state index contributed by atoms with van der Waals surface area (Å²) in [6.07, 6.45) is 16.6. The minimum atomic E-state index is -0.693. The number of hydrogen-bond donors (Lipinski definition) is 0. The van der Waals surface area contributed by atoms with Crippen molar-refractivity contribution in [3.8, 4) is 17.2 Å². The lowest BCUT2D eigenvalue weighted by Crippen LogP contribution is -2.52. The third-order valence-electron chi connectivity index (χ3n) is 14.9. The van der Waals surface area contributed by atoms with Crippen molar-refractivity contribution in [3.63, 3.8) is 0 Å². The molecule has 7 heteroatoms. The molecule has 3 fully saturated rings. The maximum absolute atomic E-state index is 13.1. The number of rotatable bonds is 14. The molecule has 0 spiro atoms. The number of carbonyl (C=O) groups excluding carboxylic acids is 3. The molecule has 0 aliphatic heterocycles. The van der Waals surface area contributed by atoms with Crippen LogP contribution in [0.15, 0.2) is 84.9 Å². The largest absolute Gasteiger partial charge is 0.514 e. The van der Waals surface area contributed by atoms with Gasteiger partial charge in [-0.2, -0.15) is 0 Å². The van der Waals surface area contributed by atoms with Crippen LogP contribution in [0.2, 0.25) is 0 Å². The van der Waals surface area contributed by atoms with Crippen molar-refractivity contribution >= 4 is 17.9 Å². The van der Waals surface area contributed by atoms with Crippen molar-refractivity contribution < 1.29 is 33.3 Å². The summed E-state index contributed by atoms with van der Waals surface area (Å²) < 4.78 is 22.5. The van der Waals surface area contributed by atoms with Crippen LogP contribution >= 0.6 is 0 Å². The highest BCUT2D eigenvalue weighted by atomic mass is 16.7. The molecule has 0 aromatic heterocycles. The molecule has 0 saturated heterocycles. The van der Waals surface area contributed by atoms with Gasteiger partial charge in [0.25, 0.3) is 0 Å². The molecule has 4 aliphatic rings. The molecule has 4 aliphatic carbocycles. The molecule has 9 atom stereocenters. The zero-order valence-electron chi connectivity index (χ0n) is 35.5. The second kappa shape index (κ2) is 17.8. The van der Waals surface area contributed by atoms with Crippen LogP contribution in [0.25, 0.3) is 0 Å². The lowest BCUT2D eigenvalue weighted by atomic mass is 9.46. The van der Waals surface area contributed by atoms with Gasteiger partial charge in [0.15, 0.2) is 5.78 Å². The van der Waals surface area contributed by atoms with Crippen molar-refractivity contribution in [2.45, 2.75) is 118 Å². The maximum Gasteiger partial charge on any atom is 0.514 e. The number of fused-ring (bicyclic) bond motifs is 5. The molecule has 0 N–H and O–H groups in total. The fourth-order valence-electron chi connectivity index (χ4n) is 11.7. The molecule has 3 aromatic rings. The molecule has 3 aromatic carbocycles. The minimum Gasteiger partial charge on any atom is -0.494 e. The van der Waals surface area contributed by atoms with Crippen molar-refractivity contribution in [2.24, 2.45) is 52.3 Å². The second-order valence-corrected chi connectivity index (χ2v) is 18.8. The first-order valence-electron chi connectivity index (χ1n) is 22.1. The van der Waals surface area contributed by atoms with E-state index in [0.29, 0.717) is 58.2 Å². The van der Waals surface area contributed by atoms with Gasteiger partial charge in [-0.1, -0.05) is 78.2 Å². The smallest absolute Gasteiger partial charge is 0.494 e. The quantitative estimate of drug-likeness (QED) is 0.0528. The summed E-state index contributed by atoms with van der Waals surface area (Å²) in [5.74, 6) is 5.86. The topological polar surface area (TPSA) is 88.1 Å². The molecule has 0 radical (unpaired) electrons. The van der Waals surface area contributed by atoms with Crippen molar-refractivity contribution in [2.75, 3.05) is 6.61 Å². The summed E-state index contributed by atoms with van der Waals surface area (Å²) in [6.45, 7) is 14.9. The third kappa shape index (κ3) is 9.09. The monoisotopic (exact) mass is 788 g/mol. The highest BCUT2D eigenvalue weighted by Crippen LogP contribution is 2.67. The Hall–Kier alpha value is -4.39. The molecular weight excluding hydrogens is 725 g/mol. The SMILES string of the molecule is CCOc1ccc(C(=O)Oc2ccc(CC(=O)c3ccc(OC(=O)OC4CC[C@]5(C)C(C=C[C@@H]6[C@H]7CC[C@@H]([C@@H](C)CCCC(C)C)[C@]7(C)CC[C@H]65)C4)cc3)cc2)cc1. The highest BCUT2D eigenvalue weighted by Gasteiger charge is 2.59. The minimum absolute atomic E-state index is 0.0803. The molecule has 0 heterocycles. The number of hydrogen-bond acceptors (Lipinski definition) is 7. The van der Waals surface area contributed by atoms with E-state index in [0.717, 1.165) is 48.5 Å². The van der Waals surface area contributed by atoms with E-state index in [1.165, 1.54) is 44.9 Å². The molecule has 0 bridgehead atoms. The Labute approximate surface area is 346 Å². The normalized spacial score (nSPS) is 29.1. The molecule has 310 valence electrons. The Morgan fingerprint density at radius 3 is 2.05 bits per heavy atom. The van der Waals surface area contributed by atoms with Gasteiger partial charge in [0.05, 0.1) is 12.2 Å². The second-order valence-electron chi connectivity index (χ2n) is 18.8. The first-order valence-corrected chi connectivity index (χ1v) is 22.1. The third-order valence-corrected chi connectivity index (χ3v) is 14.9. The van der Waals surface area contributed by atoms with Crippen LogP contribution in [-0.2, 0) is 11.2 Å². The highest BCUT2D eigenvalue weighted by molar-refractivity contribution is 5.97. The number of esters is 1. The molecular formula is C51H64O7. The summed E-state index contributed by atoms with van der Waals surface area (Å²) in [6, 6.07) is 20.3. The van der Waals surface area contributed by atoms with E-state index < -0.39 is 12.1 Å². The number of ketones is 1. The van der Waals surface area contributed by atoms with E-state index >= 15 is 0 Å². The molecule has 2 unspecified atom stereocenters. The van der Waals surface area contributed by atoms with Gasteiger partial charge in [0.2, 0.25) is 0 Å². The van der Waals surface area contributed by atoms with Gasteiger partial charge in [0, 0.05) is 12.0 Å². The van der Waals surface area contributed by atoms with Gasteiger partial charge in [-0.25, -0.2) is 9.59 Å². The Morgan fingerprint density at radius 2 is 1.34 bits per heavy atom. The van der Waals surface area contributed by atoms with Crippen LogP contribution in [0.1, 0.15) is 132 Å². The fraction of sp³-hybridized carbons (Fsp3) is 0.549. The van der Waals surface area contributed by atoms with E-state index in [1.54, 1.807) is 72.8 Å². The lowest BCUT2D eigenvalue weighted by Gasteiger charge is -2.59. The number of carbonyl (C=O) groups is 3. The average Bonchev–Trinajstić information content (AvgIpc) is 3.56. The van der Waals surface area contributed by atoms with Crippen LogP contribution in [0.4, 0.5) is 4.79 Å². The number of Topliss-reactive ketones (excluding diaryl/α,β-unsaturated/α-hetero) is 1. The molecule has 7 rings (SSSR count). The van der Waals surface area contributed by atoms with Crippen molar-refractivity contribution in [3.05, 3.63) is 102 Å². The first-order chi connectivity index (χ1) is 27.9. The van der Waals surface area contributed by atoms with E-state index in [2.05, 4.69) is 46.8 Å². The summed E-state index contributed by atoms with van der Waals surface area (Å²) in [5, 5.41) is 0. The van der Waals surface area contributed by atoms with Gasteiger partial charge in [0.1, 0.15) is 23.4 Å². The summed E-state index contributed by atoms with van der Waals surface area (Å²) >= 11 is 0. The molecule has 7 nitrogen and oxygen atoms in total. The van der Waals surface area contributed by atoms with Gasteiger partial charge in [-0.15, -0.1) is 0 Å². The molecule has 0 amide bonds. The van der Waals surface area contributed by atoms with E-state index in [1.807, 2.05) is 6.92 Å². The van der Waals surface area contributed by atoms with Crippen molar-refractivity contribution in [1.82, 2.24) is 0 Å². The van der Waals surface area contributed by atoms with E-state index in [4.69, 9.17) is 18.9 Å². The lowest BCUT2D eigenvalue weighted by molar-refractivity contribution is -0.0852. The summed E-state index contributed by atoms with van der Waals surface area (Å²) in [5.41, 5.74) is 2.40. The molecule has 58 heavy (non-hydrogen) atoms. The van der Waals surface area contributed by atoms with E-state index in [-0.39, 0.29) is 23.7 Å². The predicted molar refractivity (Wildman–Crippen MR) is 227 cm³/mol.